The Bertz CT molecular complexity index is 1150. The molecule has 1 aliphatic heterocycles. The third-order valence-electron chi connectivity index (χ3n) is 6.97. The second-order valence-corrected chi connectivity index (χ2v) is 10.6. The maximum atomic E-state index is 12.7. The van der Waals surface area contributed by atoms with Gasteiger partial charge < -0.3 is 26.6 Å². The van der Waals surface area contributed by atoms with Gasteiger partial charge in [-0.25, -0.2) is 9.59 Å². The third-order valence-corrected chi connectivity index (χ3v) is 6.97. The van der Waals surface area contributed by atoms with Gasteiger partial charge in [-0.1, -0.05) is 18.6 Å². The lowest BCUT2D eigenvalue weighted by molar-refractivity contribution is -0.137. The minimum atomic E-state index is -0.945. The molecule has 11 nitrogen and oxygen atoms in total. The number of nitrogens with one attached hydrogen (secondary N) is 2. The van der Waals surface area contributed by atoms with Crippen LogP contribution in [0.1, 0.15) is 45.1 Å². The number of nitrogens with two attached hydrogens (primary N) is 2. The van der Waals surface area contributed by atoms with Crippen molar-refractivity contribution in [3.63, 3.8) is 0 Å². The molecule has 2 aromatic rings. The molecule has 0 radical (unpaired) electrons. The zero-order valence-corrected chi connectivity index (χ0v) is 21.7. The number of benzene rings is 1. The van der Waals surface area contributed by atoms with E-state index in [9.17, 15) is 14.4 Å². The molecule has 6 N–H and O–H groups in total. The Hall–Kier alpha value is -3.28. The highest BCUT2D eigenvalue weighted by molar-refractivity contribution is 5.89. The SMILES string of the molecule is CC(C)(N)C(=O)N1CCN(C(=O)Nc2ccn(-c3ccc(CNC4CCC[C@@H](N)C4)cc3)c(=O)n2)CC1. The summed E-state index contributed by atoms with van der Waals surface area (Å²) in [5.74, 6) is 0.0374. The highest BCUT2D eigenvalue weighted by Gasteiger charge is 2.31. The normalized spacial score (nSPS) is 20.5. The highest BCUT2D eigenvalue weighted by atomic mass is 16.2. The van der Waals surface area contributed by atoms with Crippen LogP contribution in [0.3, 0.4) is 0 Å². The van der Waals surface area contributed by atoms with E-state index in [0.29, 0.717) is 37.9 Å². The summed E-state index contributed by atoms with van der Waals surface area (Å²) in [7, 11) is 0. The lowest BCUT2D eigenvalue weighted by Gasteiger charge is -2.37. The van der Waals surface area contributed by atoms with Gasteiger partial charge in [-0.2, -0.15) is 4.98 Å². The molecule has 37 heavy (non-hydrogen) atoms. The largest absolute Gasteiger partial charge is 0.354 e. The minimum Gasteiger partial charge on any atom is -0.338 e. The van der Waals surface area contributed by atoms with Crippen LogP contribution < -0.4 is 27.8 Å². The Morgan fingerprint density at radius 1 is 1.05 bits per heavy atom. The first-order chi connectivity index (χ1) is 17.6. The van der Waals surface area contributed by atoms with Gasteiger partial charge in [-0.3, -0.25) is 14.7 Å². The van der Waals surface area contributed by atoms with Crippen molar-refractivity contribution >= 4 is 17.8 Å². The smallest absolute Gasteiger partial charge is 0.338 e. The molecule has 2 fully saturated rings. The molecule has 11 heteroatoms. The molecule has 200 valence electrons. The molecule has 1 aliphatic carbocycles. The summed E-state index contributed by atoms with van der Waals surface area (Å²) >= 11 is 0. The van der Waals surface area contributed by atoms with Crippen molar-refractivity contribution in [2.45, 2.75) is 63.7 Å². The number of piperazine rings is 1. The summed E-state index contributed by atoms with van der Waals surface area (Å²) in [6.45, 7) is 5.65. The predicted octanol–water partition coefficient (Wildman–Crippen LogP) is 1.01. The maximum absolute atomic E-state index is 12.7. The van der Waals surface area contributed by atoms with Crippen molar-refractivity contribution in [1.82, 2.24) is 24.7 Å². The Labute approximate surface area is 217 Å². The van der Waals surface area contributed by atoms with E-state index in [-0.39, 0.29) is 23.8 Å². The third kappa shape index (κ3) is 6.94. The van der Waals surface area contributed by atoms with Crippen LogP contribution in [-0.4, -0.2) is 75.1 Å². The summed E-state index contributed by atoms with van der Waals surface area (Å²) in [4.78, 5) is 44.9. The Morgan fingerprint density at radius 3 is 2.35 bits per heavy atom. The monoisotopic (exact) mass is 510 g/mol. The van der Waals surface area contributed by atoms with Gasteiger partial charge in [-0.15, -0.1) is 0 Å². The topological polar surface area (TPSA) is 152 Å². The summed E-state index contributed by atoms with van der Waals surface area (Å²) in [5, 5.41) is 6.26. The highest BCUT2D eigenvalue weighted by Crippen LogP contribution is 2.18. The Morgan fingerprint density at radius 2 is 1.73 bits per heavy atom. The predicted molar refractivity (Wildman–Crippen MR) is 142 cm³/mol. The Kier molecular flexibility index (Phi) is 8.25. The van der Waals surface area contributed by atoms with Gasteiger partial charge in [0.1, 0.15) is 5.82 Å². The number of aromatic nitrogens is 2. The number of nitrogens with zero attached hydrogens (tertiary/aromatic N) is 4. The standard InChI is InChI=1S/C26H38N8O3/c1-26(2,28)23(35)32-12-14-33(15-13-32)24(36)30-22-10-11-34(25(37)31-22)21-8-6-18(7-9-21)17-29-20-5-3-4-19(27)16-20/h6-11,19-20,29H,3-5,12-17,27-28H2,1-2H3,(H,30,31,36,37)/t19-,20?/m1/s1. The van der Waals surface area contributed by atoms with E-state index in [0.717, 1.165) is 37.8 Å². The lowest BCUT2D eigenvalue weighted by Crippen LogP contribution is -2.58. The molecule has 1 unspecified atom stereocenters. The van der Waals surface area contributed by atoms with Crippen molar-refractivity contribution < 1.29 is 9.59 Å². The second kappa shape index (κ2) is 11.4. The van der Waals surface area contributed by atoms with Crippen molar-refractivity contribution in [2.24, 2.45) is 11.5 Å². The first kappa shape index (κ1) is 26.8. The molecule has 1 aromatic heterocycles. The zero-order chi connectivity index (χ0) is 26.6. The fraction of sp³-hybridized carbons (Fsp3) is 0.538. The fourth-order valence-electron chi connectivity index (χ4n) is 4.83. The van der Waals surface area contributed by atoms with E-state index >= 15 is 0 Å². The van der Waals surface area contributed by atoms with Crippen LogP contribution in [0.15, 0.2) is 41.3 Å². The first-order valence-electron chi connectivity index (χ1n) is 12.9. The molecule has 3 amide bonds. The van der Waals surface area contributed by atoms with E-state index in [1.54, 1.807) is 35.9 Å². The average Bonchev–Trinajstić information content (AvgIpc) is 2.87. The molecule has 0 bridgehead atoms. The number of rotatable bonds is 6. The van der Waals surface area contributed by atoms with Gasteiger partial charge in [0.05, 0.1) is 11.2 Å². The number of urea groups is 1. The van der Waals surface area contributed by atoms with Crippen molar-refractivity contribution in [2.75, 3.05) is 31.5 Å². The molecular formula is C26H38N8O3. The van der Waals surface area contributed by atoms with Crippen LogP contribution in [0.4, 0.5) is 10.6 Å². The number of carbonyl (C=O) groups is 2. The van der Waals surface area contributed by atoms with Gasteiger partial charge in [0.15, 0.2) is 0 Å². The molecule has 2 aliphatic rings. The summed E-state index contributed by atoms with van der Waals surface area (Å²) in [6.07, 6.45) is 6.02. The number of anilines is 1. The minimum absolute atomic E-state index is 0.143. The molecule has 4 rings (SSSR count). The molecule has 1 saturated carbocycles. The van der Waals surface area contributed by atoms with Crippen molar-refractivity contribution in [3.05, 3.63) is 52.6 Å². The second-order valence-electron chi connectivity index (χ2n) is 10.6. The fourth-order valence-corrected chi connectivity index (χ4v) is 4.83. The van der Waals surface area contributed by atoms with Crippen LogP contribution in [-0.2, 0) is 11.3 Å². The number of carbonyl (C=O) groups excluding carboxylic acids is 2. The van der Waals surface area contributed by atoms with Crippen LogP contribution >= 0.6 is 0 Å². The summed E-state index contributed by atoms with van der Waals surface area (Å²) < 4.78 is 1.44. The van der Waals surface area contributed by atoms with Crippen molar-refractivity contribution in [1.29, 1.82) is 0 Å². The van der Waals surface area contributed by atoms with Gasteiger partial charge in [-0.05, 0) is 56.9 Å². The lowest BCUT2D eigenvalue weighted by atomic mass is 9.91. The maximum Gasteiger partial charge on any atom is 0.354 e. The van der Waals surface area contributed by atoms with E-state index in [4.69, 9.17) is 11.5 Å². The molecular weight excluding hydrogens is 472 g/mol. The van der Waals surface area contributed by atoms with Crippen LogP contribution in [0.2, 0.25) is 0 Å². The van der Waals surface area contributed by atoms with E-state index in [1.807, 2.05) is 24.3 Å². The molecule has 0 spiro atoms. The van der Waals surface area contributed by atoms with Gasteiger partial charge in [0, 0.05) is 51.0 Å². The summed E-state index contributed by atoms with van der Waals surface area (Å²) in [6, 6.07) is 9.71. The van der Waals surface area contributed by atoms with Crippen molar-refractivity contribution in [3.8, 4) is 5.69 Å². The van der Waals surface area contributed by atoms with Crippen LogP contribution in [0.25, 0.3) is 5.69 Å². The molecule has 1 saturated heterocycles. The van der Waals surface area contributed by atoms with Gasteiger partial charge in [0.2, 0.25) is 5.91 Å². The first-order valence-corrected chi connectivity index (χ1v) is 12.9. The van der Waals surface area contributed by atoms with E-state index in [1.165, 1.54) is 4.57 Å². The van der Waals surface area contributed by atoms with E-state index < -0.39 is 11.2 Å². The van der Waals surface area contributed by atoms with Gasteiger partial charge >= 0.3 is 11.7 Å². The average molecular weight is 511 g/mol. The van der Waals surface area contributed by atoms with E-state index in [2.05, 4.69) is 15.6 Å². The molecule has 1 aromatic carbocycles. The summed E-state index contributed by atoms with van der Waals surface area (Å²) in [5.41, 5.74) is 12.4. The number of hydrogen-bond donors (Lipinski definition) is 4. The number of amides is 3. The molecule has 2 atom stereocenters. The quantitative estimate of drug-likeness (QED) is 0.453. The van der Waals surface area contributed by atoms with Gasteiger partial charge in [0.25, 0.3) is 0 Å². The number of hydrogen-bond acceptors (Lipinski definition) is 7. The zero-order valence-electron chi connectivity index (χ0n) is 21.7. The van der Waals surface area contributed by atoms with Crippen LogP contribution in [0, 0.1) is 0 Å². The Balaban J connectivity index is 1.30. The van der Waals surface area contributed by atoms with Crippen LogP contribution in [0.5, 0.6) is 0 Å². The molecule has 2 heterocycles.